The van der Waals surface area contributed by atoms with E-state index in [1.165, 1.54) is 25.8 Å². The lowest BCUT2D eigenvalue weighted by molar-refractivity contribution is 0.121. The molecule has 1 heterocycles. The second-order valence-electron chi connectivity index (χ2n) is 7.32. The Hall–Kier alpha value is -0.820. The molecule has 0 aliphatic carbocycles. The molecule has 19 heavy (non-hydrogen) atoms. The fraction of sp³-hybridized carbons (Fsp3) is 0.667. The average Bonchev–Trinajstić information content (AvgIpc) is 2.77. The van der Waals surface area contributed by atoms with E-state index in [9.17, 15) is 0 Å². The van der Waals surface area contributed by atoms with E-state index in [1.807, 2.05) is 0 Å². The maximum Gasteiger partial charge on any atom is 0.0356 e. The van der Waals surface area contributed by atoms with E-state index in [-0.39, 0.29) is 5.54 Å². The monoisotopic (exact) mass is 259 g/mol. The summed E-state index contributed by atoms with van der Waals surface area (Å²) in [6, 6.07) is 9.70. The smallest absolute Gasteiger partial charge is 0.0356 e. The second-order valence-corrected chi connectivity index (χ2v) is 7.32. The van der Waals surface area contributed by atoms with Gasteiger partial charge in [0.1, 0.15) is 0 Å². The Morgan fingerprint density at radius 3 is 2.53 bits per heavy atom. The number of hydrogen-bond donors (Lipinski definition) is 0. The third kappa shape index (κ3) is 3.39. The zero-order chi connectivity index (χ0) is 14.0. The number of nitrogens with zero attached hydrogens (tertiary/aromatic N) is 1. The summed E-state index contributed by atoms with van der Waals surface area (Å²) in [5, 5.41) is 0. The molecule has 1 aliphatic rings. The Morgan fingerprint density at radius 1 is 1.21 bits per heavy atom. The first-order chi connectivity index (χ1) is 8.89. The Balaban J connectivity index is 2.30. The van der Waals surface area contributed by atoms with Crippen LogP contribution in [0.2, 0.25) is 0 Å². The van der Waals surface area contributed by atoms with Gasteiger partial charge in [-0.2, -0.15) is 0 Å². The lowest BCUT2D eigenvalue weighted by Crippen LogP contribution is -2.40. The quantitative estimate of drug-likeness (QED) is 0.752. The molecule has 0 amide bonds. The van der Waals surface area contributed by atoms with Gasteiger partial charge in [0.15, 0.2) is 0 Å². The van der Waals surface area contributed by atoms with E-state index in [1.54, 1.807) is 11.1 Å². The topological polar surface area (TPSA) is 3.24 Å². The van der Waals surface area contributed by atoms with Crippen molar-refractivity contribution in [2.75, 3.05) is 6.54 Å². The van der Waals surface area contributed by atoms with Crippen LogP contribution in [0.1, 0.15) is 64.6 Å². The minimum Gasteiger partial charge on any atom is -0.291 e. The molecule has 1 aromatic rings. The maximum absolute atomic E-state index is 2.69. The predicted molar refractivity (Wildman–Crippen MR) is 83.4 cm³/mol. The van der Waals surface area contributed by atoms with Crippen molar-refractivity contribution in [2.45, 2.75) is 65.5 Å². The first-order valence-corrected chi connectivity index (χ1v) is 7.74. The maximum atomic E-state index is 2.69. The molecular formula is C18H29N. The minimum atomic E-state index is 0.270. The van der Waals surface area contributed by atoms with Gasteiger partial charge < -0.3 is 0 Å². The zero-order valence-electron chi connectivity index (χ0n) is 13.2. The molecule has 0 N–H and O–H groups in total. The third-order valence-electron chi connectivity index (χ3n) is 4.16. The molecule has 1 saturated heterocycles. The van der Waals surface area contributed by atoms with Crippen LogP contribution in [-0.2, 0) is 6.42 Å². The van der Waals surface area contributed by atoms with Crippen LogP contribution in [0, 0.1) is 5.92 Å². The van der Waals surface area contributed by atoms with Gasteiger partial charge in [-0.05, 0) is 63.6 Å². The normalized spacial score (nSPS) is 21.3. The van der Waals surface area contributed by atoms with E-state index in [2.05, 4.69) is 63.8 Å². The first-order valence-electron chi connectivity index (χ1n) is 7.74. The van der Waals surface area contributed by atoms with Crippen LogP contribution >= 0.6 is 0 Å². The van der Waals surface area contributed by atoms with Crippen molar-refractivity contribution in [3.63, 3.8) is 0 Å². The summed E-state index contributed by atoms with van der Waals surface area (Å²) in [6.45, 7) is 12.9. The summed E-state index contributed by atoms with van der Waals surface area (Å²) in [5.41, 5.74) is 3.40. The summed E-state index contributed by atoms with van der Waals surface area (Å²) in [6.07, 6.45) is 3.84. The Labute approximate surface area is 119 Å². The lowest BCUT2D eigenvalue weighted by atomic mass is 9.91. The van der Waals surface area contributed by atoms with Gasteiger partial charge >= 0.3 is 0 Å². The Bertz CT molecular complexity index is 414. The van der Waals surface area contributed by atoms with Crippen molar-refractivity contribution < 1.29 is 0 Å². The van der Waals surface area contributed by atoms with Crippen molar-refractivity contribution in [1.82, 2.24) is 4.90 Å². The molecule has 1 nitrogen and oxygen atoms in total. The highest BCUT2D eigenvalue weighted by Crippen LogP contribution is 2.38. The molecule has 1 atom stereocenters. The summed E-state index contributed by atoms with van der Waals surface area (Å²) in [7, 11) is 0. The molecule has 0 saturated carbocycles. The molecule has 1 heteroatoms. The highest BCUT2D eigenvalue weighted by atomic mass is 15.2. The van der Waals surface area contributed by atoms with Crippen molar-refractivity contribution in [3.8, 4) is 0 Å². The number of benzene rings is 1. The van der Waals surface area contributed by atoms with Crippen molar-refractivity contribution in [3.05, 3.63) is 35.4 Å². The highest BCUT2D eigenvalue weighted by Gasteiger charge is 2.34. The summed E-state index contributed by atoms with van der Waals surface area (Å²) in [5.74, 6) is 0.727. The van der Waals surface area contributed by atoms with E-state index in [0.717, 1.165) is 5.92 Å². The molecule has 0 aromatic heterocycles. The van der Waals surface area contributed by atoms with Crippen LogP contribution in [0.4, 0.5) is 0 Å². The third-order valence-corrected chi connectivity index (χ3v) is 4.16. The van der Waals surface area contributed by atoms with Gasteiger partial charge in [-0.15, -0.1) is 0 Å². The molecule has 2 rings (SSSR count). The predicted octanol–water partition coefficient (Wildman–Crippen LogP) is 4.82. The lowest BCUT2D eigenvalue weighted by Gasteiger charge is -2.38. The van der Waals surface area contributed by atoms with Crippen LogP contribution in [0.5, 0.6) is 0 Å². The number of likely N-dealkylation sites (tertiary alicyclic amines) is 1. The van der Waals surface area contributed by atoms with Gasteiger partial charge in [-0.3, -0.25) is 4.90 Å². The Kier molecular flexibility index (Phi) is 4.35. The van der Waals surface area contributed by atoms with Gasteiger partial charge in [-0.1, -0.05) is 38.1 Å². The van der Waals surface area contributed by atoms with E-state index in [4.69, 9.17) is 0 Å². The van der Waals surface area contributed by atoms with Crippen molar-refractivity contribution in [1.29, 1.82) is 0 Å². The van der Waals surface area contributed by atoms with E-state index < -0.39 is 0 Å². The molecule has 0 spiro atoms. The molecule has 1 unspecified atom stereocenters. The van der Waals surface area contributed by atoms with Gasteiger partial charge in [0, 0.05) is 11.6 Å². The van der Waals surface area contributed by atoms with Gasteiger partial charge in [0.2, 0.25) is 0 Å². The van der Waals surface area contributed by atoms with Gasteiger partial charge in [0.05, 0.1) is 0 Å². The minimum absolute atomic E-state index is 0.270. The number of rotatable bonds is 3. The van der Waals surface area contributed by atoms with Crippen molar-refractivity contribution >= 4 is 0 Å². The van der Waals surface area contributed by atoms with Crippen LogP contribution in [0.25, 0.3) is 0 Å². The van der Waals surface area contributed by atoms with E-state index >= 15 is 0 Å². The standard InChI is InChI=1S/C18H29N/c1-14(2)13-15-9-6-7-10-16(15)17-11-8-12-19(17)18(3,4)5/h6-7,9-10,14,17H,8,11-13H2,1-5H3. The van der Waals surface area contributed by atoms with Crippen LogP contribution in [0.15, 0.2) is 24.3 Å². The molecule has 106 valence electrons. The van der Waals surface area contributed by atoms with Gasteiger partial charge in [0.25, 0.3) is 0 Å². The highest BCUT2D eigenvalue weighted by molar-refractivity contribution is 5.31. The van der Waals surface area contributed by atoms with Crippen molar-refractivity contribution in [2.24, 2.45) is 5.92 Å². The zero-order valence-corrected chi connectivity index (χ0v) is 13.2. The summed E-state index contributed by atoms with van der Waals surface area (Å²) in [4.78, 5) is 2.69. The molecule has 1 aromatic carbocycles. The largest absolute Gasteiger partial charge is 0.291 e. The number of hydrogen-bond acceptors (Lipinski definition) is 1. The molecule has 1 aliphatic heterocycles. The van der Waals surface area contributed by atoms with Gasteiger partial charge in [-0.25, -0.2) is 0 Å². The molecular weight excluding hydrogens is 230 g/mol. The van der Waals surface area contributed by atoms with Crippen LogP contribution < -0.4 is 0 Å². The summed E-state index contributed by atoms with van der Waals surface area (Å²) < 4.78 is 0. The fourth-order valence-electron chi connectivity index (χ4n) is 3.38. The first kappa shape index (κ1) is 14.6. The van der Waals surface area contributed by atoms with Crippen LogP contribution in [-0.4, -0.2) is 17.0 Å². The second kappa shape index (κ2) is 5.66. The molecule has 0 bridgehead atoms. The Morgan fingerprint density at radius 2 is 1.89 bits per heavy atom. The summed E-state index contributed by atoms with van der Waals surface area (Å²) >= 11 is 0. The van der Waals surface area contributed by atoms with Crippen LogP contribution in [0.3, 0.4) is 0 Å². The fourth-order valence-corrected chi connectivity index (χ4v) is 3.38. The van der Waals surface area contributed by atoms with E-state index in [0.29, 0.717) is 6.04 Å². The molecule has 0 radical (unpaired) electrons. The molecule has 1 fully saturated rings. The SMILES string of the molecule is CC(C)Cc1ccccc1C1CCCN1C(C)(C)C. The average molecular weight is 259 g/mol.